The van der Waals surface area contributed by atoms with Gasteiger partial charge in [0.15, 0.2) is 13.2 Å². The summed E-state index contributed by atoms with van der Waals surface area (Å²) in [5.41, 5.74) is 2.43. The number of nitrogens with zero attached hydrogens (tertiary/aromatic N) is 1. The average Bonchev–Trinajstić information content (AvgIpc) is 2.78. The molecule has 8 nitrogen and oxygen atoms in total. The van der Waals surface area contributed by atoms with Gasteiger partial charge >= 0.3 is 12.4 Å². The molecule has 2 aromatic carbocycles. The Kier molecular flexibility index (Phi) is 7.40. The molecule has 0 bridgehead atoms. The summed E-state index contributed by atoms with van der Waals surface area (Å²) in [6, 6.07) is 10.2. The number of hydrogen-bond acceptors (Lipinski definition) is 6. The number of pyridine rings is 1. The van der Waals surface area contributed by atoms with E-state index in [4.69, 9.17) is 0 Å². The zero-order valence-corrected chi connectivity index (χ0v) is 18.1. The third-order valence-corrected chi connectivity index (χ3v) is 5.44. The molecule has 0 aliphatic carbocycles. The highest BCUT2D eigenvalue weighted by Crippen LogP contribution is 2.31. The molecule has 1 aromatic heterocycles. The number of carbonyl (C=O) groups excluding carboxylic acids is 1. The quantitative estimate of drug-likeness (QED) is 0.344. The summed E-state index contributed by atoms with van der Waals surface area (Å²) in [6.07, 6.45) is -8.45. The first-order chi connectivity index (χ1) is 16.2. The zero-order valence-electron chi connectivity index (χ0n) is 17.3. The van der Waals surface area contributed by atoms with Gasteiger partial charge in [0.05, 0.1) is 11.1 Å². The summed E-state index contributed by atoms with van der Waals surface area (Å²) in [7, 11) is -4.74. The molecule has 3 aromatic rings. The van der Waals surface area contributed by atoms with Gasteiger partial charge in [-0.3, -0.25) is 15.2 Å². The molecule has 0 saturated carbocycles. The fourth-order valence-corrected chi connectivity index (χ4v) is 3.64. The summed E-state index contributed by atoms with van der Waals surface area (Å²) >= 11 is 0. The van der Waals surface area contributed by atoms with E-state index in [0.29, 0.717) is 23.0 Å². The summed E-state index contributed by atoms with van der Waals surface area (Å²) in [4.78, 5) is 17.2. The Morgan fingerprint density at radius 2 is 1.57 bits per heavy atom. The number of para-hydroxylation sites is 1. The van der Waals surface area contributed by atoms with E-state index in [1.165, 1.54) is 12.3 Å². The van der Waals surface area contributed by atoms with E-state index in [-0.39, 0.29) is 5.56 Å². The van der Waals surface area contributed by atoms with Gasteiger partial charge in [0.1, 0.15) is 16.4 Å². The van der Waals surface area contributed by atoms with Gasteiger partial charge in [0, 0.05) is 17.6 Å². The number of fused-ring (bicyclic) bond motifs is 1. The first kappa shape index (κ1) is 26.0. The van der Waals surface area contributed by atoms with Crippen molar-refractivity contribution in [3.8, 4) is 11.5 Å². The van der Waals surface area contributed by atoms with Crippen LogP contribution >= 0.6 is 0 Å². The van der Waals surface area contributed by atoms with Crippen LogP contribution in [0.1, 0.15) is 10.4 Å². The van der Waals surface area contributed by atoms with Gasteiger partial charge in [0.25, 0.3) is 15.9 Å². The number of benzene rings is 2. The van der Waals surface area contributed by atoms with E-state index in [0.717, 1.165) is 6.07 Å². The number of rotatable bonds is 8. The van der Waals surface area contributed by atoms with E-state index in [1.807, 2.05) is 5.43 Å². The normalized spacial score (nSPS) is 12.4. The average molecular weight is 523 g/mol. The summed E-state index contributed by atoms with van der Waals surface area (Å²) in [5.74, 6) is -2.48. The van der Waals surface area contributed by atoms with Crippen LogP contribution in [-0.2, 0) is 10.0 Å². The van der Waals surface area contributed by atoms with Crippen LogP contribution in [0.5, 0.6) is 11.5 Å². The van der Waals surface area contributed by atoms with Gasteiger partial charge in [-0.25, -0.2) is 8.42 Å². The number of halogens is 6. The minimum absolute atomic E-state index is 0.0316. The molecule has 0 unspecified atom stereocenters. The van der Waals surface area contributed by atoms with Crippen LogP contribution in [0.4, 0.5) is 26.3 Å². The topological polar surface area (TPSA) is 107 Å². The maximum atomic E-state index is 12.6. The van der Waals surface area contributed by atoms with Crippen molar-refractivity contribution in [3.63, 3.8) is 0 Å². The molecule has 0 atom stereocenters. The van der Waals surface area contributed by atoms with Crippen molar-refractivity contribution >= 4 is 26.8 Å². The first-order valence-corrected chi connectivity index (χ1v) is 10.9. The number of nitrogens with one attached hydrogen (secondary N) is 2. The largest absolute Gasteiger partial charge is 0.484 e. The highest BCUT2D eigenvalue weighted by atomic mass is 32.2. The molecule has 3 rings (SSSR count). The van der Waals surface area contributed by atoms with E-state index in [2.05, 4.69) is 14.5 Å². The van der Waals surface area contributed by atoms with Crippen LogP contribution in [0.25, 0.3) is 10.9 Å². The number of alkyl halides is 6. The van der Waals surface area contributed by atoms with Crippen molar-refractivity contribution in [2.75, 3.05) is 13.2 Å². The molecule has 0 aliphatic rings. The highest BCUT2D eigenvalue weighted by molar-refractivity contribution is 7.89. The number of sulfonamides is 1. The second-order valence-corrected chi connectivity index (χ2v) is 8.54. The van der Waals surface area contributed by atoms with E-state index in [9.17, 15) is 39.6 Å². The fourth-order valence-electron chi connectivity index (χ4n) is 2.67. The van der Waals surface area contributed by atoms with Crippen LogP contribution in [0, 0.1) is 0 Å². The second kappa shape index (κ2) is 9.95. The Bertz CT molecular complexity index is 1330. The predicted octanol–water partition coefficient (Wildman–Crippen LogP) is 3.74. The highest BCUT2D eigenvalue weighted by Gasteiger charge is 2.31. The monoisotopic (exact) mass is 523 g/mol. The third-order valence-electron chi connectivity index (χ3n) is 4.15. The number of ether oxygens (including phenoxy) is 2. The first-order valence-electron chi connectivity index (χ1n) is 9.44. The van der Waals surface area contributed by atoms with Crippen LogP contribution < -0.4 is 19.7 Å². The van der Waals surface area contributed by atoms with Crippen LogP contribution in [0.3, 0.4) is 0 Å². The lowest BCUT2D eigenvalue weighted by Crippen LogP contribution is -2.41. The molecule has 0 saturated heterocycles. The lowest BCUT2D eigenvalue weighted by atomic mass is 10.1. The lowest BCUT2D eigenvalue weighted by Gasteiger charge is -2.16. The lowest BCUT2D eigenvalue weighted by molar-refractivity contribution is -0.154. The Labute approximate surface area is 193 Å². The van der Waals surface area contributed by atoms with Crippen molar-refractivity contribution in [2.45, 2.75) is 17.2 Å². The number of amides is 1. The van der Waals surface area contributed by atoms with E-state index >= 15 is 0 Å². The zero-order chi connectivity index (χ0) is 25.9. The van der Waals surface area contributed by atoms with Gasteiger partial charge in [0.2, 0.25) is 0 Å². The third kappa shape index (κ3) is 7.45. The minimum Gasteiger partial charge on any atom is -0.484 e. The van der Waals surface area contributed by atoms with Crippen molar-refractivity contribution < 1.29 is 49.0 Å². The van der Waals surface area contributed by atoms with Crippen molar-refractivity contribution in [1.82, 2.24) is 15.2 Å². The molecule has 1 amide bonds. The molecule has 2 N–H and O–H groups in total. The van der Waals surface area contributed by atoms with Crippen molar-refractivity contribution in [3.05, 3.63) is 60.3 Å². The Morgan fingerprint density at radius 3 is 2.26 bits per heavy atom. The Morgan fingerprint density at radius 1 is 0.914 bits per heavy atom. The van der Waals surface area contributed by atoms with Crippen LogP contribution in [-0.4, -0.2) is 44.9 Å². The molecule has 15 heteroatoms. The minimum atomic E-state index is -4.88. The van der Waals surface area contributed by atoms with Crippen LogP contribution in [0.15, 0.2) is 59.6 Å². The SMILES string of the molecule is O=C(NNS(=O)(=O)c1ccc(OCC(F)(F)F)cc1OCC(F)(F)F)c1cnc2ccccc2c1. The van der Waals surface area contributed by atoms with Gasteiger partial charge in [-0.2, -0.15) is 26.3 Å². The molecule has 188 valence electrons. The number of hydrazine groups is 1. The fraction of sp³-hybridized carbons (Fsp3) is 0.200. The molecular weight excluding hydrogens is 508 g/mol. The predicted molar refractivity (Wildman–Crippen MR) is 109 cm³/mol. The molecule has 1 heterocycles. The molecule has 35 heavy (non-hydrogen) atoms. The number of hydrogen-bond donors (Lipinski definition) is 2. The maximum Gasteiger partial charge on any atom is 0.422 e. The molecule has 0 radical (unpaired) electrons. The molecule has 0 aliphatic heterocycles. The smallest absolute Gasteiger partial charge is 0.422 e. The van der Waals surface area contributed by atoms with E-state index in [1.54, 1.807) is 29.1 Å². The Balaban J connectivity index is 1.80. The molecular formula is C20H15F6N3O5S. The number of carbonyl (C=O) groups is 1. The second-order valence-electron chi connectivity index (χ2n) is 6.89. The summed E-state index contributed by atoms with van der Waals surface area (Å²) in [5, 5.41) is 0.584. The molecule has 0 fully saturated rings. The molecule has 0 spiro atoms. The van der Waals surface area contributed by atoms with Gasteiger partial charge in [-0.1, -0.05) is 18.2 Å². The summed E-state index contributed by atoms with van der Waals surface area (Å²) < 4.78 is 109. The van der Waals surface area contributed by atoms with Crippen molar-refractivity contribution in [2.24, 2.45) is 0 Å². The van der Waals surface area contributed by atoms with Gasteiger partial charge < -0.3 is 9.47 Å². The summed E-state index contributed by atoms with van der Waals surface area (Å²) in [6.45, 7) is -3.71. The van der Waals surface area contributed by atoms with Gasteiger partial charge in [-0.15, -0.1) is 4.83 Å². The van der Waals surface area contributed by atoms with Crippen molar-refractivity contribution in [1.29, 1.82) is 0 Å². The Hall–Kier alpha value is -3.59. The standard InChI is InChI=1S/C20H15F6N3O5S/c21-19(22,23)10-33-14-5-6-17(16(8-14)34-11-20(24,25)26)35(31,32)29-28-18(30)13-7-12-3-1-2-4-15(12)27-9-13/h1-9,29H,10-11H2,(H,28,30). The van der Waals surface area contributed by atoms with Crippen LogP contribution in [0.2, 0.25) is 0 Å². The van der Waals surface area contributed by atoms with E-state index < -0.39 is 57.9 Å². The number of aromatic nitrogens is 1. The maximum absolute atomic E-state index is 12.6. The van der Waals surface area contributed by atoms with Gasteiger partial charge in [-0.05, 0) is 24.3 Å².